The van der Waals surface area contributed by atoms with Crippen LogP contribution in [0.5, 0.6) is 0 Å². The molecule has 0 unspecified atom stereocenters. The molecule has 0 amide bonds. The molecule has 2 nitrogen and oxygen atoms in total. The fourth-order valence-corrected chi connectivity index (χ4v) is 3.14. The molecule has 1 saturated carbocycles. The molecule has 3 heteroatoms. The van der Waals surface area contributed by atoms with E-state index in [4.69, 9.17) is 0 Å². The molecule has 1 aromatic heterocycles. The van der Waals surface area contributed by atoms with E-state index < -0.39 is 0 Å². The highest BCUT2D eigenvalue weighted by molar-refractivity contribution is 7.11. The average Bonchev–Trinajstić information content (AvgIpc) is 2.44. The minimum Gasteiger partial charge on any atom is -0.306 e. The lowest BCUT2D eigenvalue weighted by Gasteiger charge is -2.42. The van der Waals surface area contributed by atoms with Crippen molar-refractivity contribution in [2.45, 2.75) is 58.5 Å². The summed E-state index contributed by atoms with van der Waals surface area (Å²) in [5.41, 5.74) is 1.65. The Morgan fingerprint density at radius 1 is 1.40 bits per heavy atom. The number of hydrogen-bond acceptors (Lipinski definition) is 3. The molecule has 0 bridgehead atoms. The minimum atomic E-state index is 0.449. The fourth-order valence-electron chi connectivity index (χ4n) is 2.26. The van der Waals surface area contributed by atoms with Gasteiger partial charge in [-0.3, -0.25) is 0 Å². The summed E-state index contributed by atoms with van der Waals surface area (Å²) in [6, 6.07) is 0. The van der Waals surface area contributed by atoms with Gasteiger partial charge in [-0.05, 0) is 39.5 Å². The number of nitrogens with zero attached hydrogens (tertiary/aromatic N) is 1. The lowest BCUT2D eigenvalue weighted by Crippen LogP contribution is -2.49. The van der Waals surface area contributed by atoms with Crippen LogP contribution in [0.25, 0.3) is 0 Å². The highest BCUT2D eigenvalue weighted by Gasteiger charge is 2.34. The third-order valence-electron chi connectivity index (χ3n) is 3.61. The third kappa shape index (κ3) is 2.23. The average molecular weight is 224 g/mol. The van der Waals surface area contributed by atoms with Gasteiger partial charge in [0.15, 0.2) is 0 Å². The maximum absolute atomic E-state index is 4.46. The van der Waals surface area contributed by atoms with Gasteiger partial charge in [0.2, 0.25) is 0 Å². The van der Waals surface area contributed by atoms with Crippen LogP contribution in [-0.4, -0.2) is 10.5 Å². The first-order valence-electron chi connectivity index (χ1n) is 5.83. The first-order chi connectivity index (χ1) is 7.15. The Balaban J connectivity index is 1.95. The van der Waals surface area contributed by atoms with Crippen molar-refractivity contribution < 1.29 is 0 Å². The van der Waals surface area contributed by atoms with E-state index >= 15 is 0 Å². The molecule has 0 aromatic carbocycles. The molecular weight excluding hydrogens is 204 g/mol. The smallest absolute Gasteiger partial charge is 0.0900 e. The van der Waals surface area contributed by atoms with Crippen LogP contribution in [-0.2, 0) is 6.54 Å². The Morgan fingerprint density at radius 2 is 2.13 bits per heavy atom. The van der Waals surface area contributed by atoms with Gasteiger partial charge in [0, 0.05) is 17.0 Å². The van der Waals surface area contributed by atoms with Gasteiger partial charge in [-0.2, -0.15) is 0 Å². The van der Waals surface area contributed by atoms with Crippen LogP contribution in [0, 0.1) is 13.8 Å². The molecule has 0 saturated heterocycles. The third-order valence-corrected chi connectivity index (χ3v) is 4.68. The Kier molecular flexibility index (Phi) is 3.12. The van der Waals surface area contributed by atoms with Crippen molar-refractivity contribution >= 4 is 11.3 Å². The highest BCUT2D eigenvalue weighted by atomic mass is 32.1. The number of aryl methyl sites for hydroxylation is 2. The van der Waals surface area contributed by atoms with E-state index in [2.05, 4.69) is 31.1 Å². The van der Waals surface area contributed by atoms with Crippen molar-refractivity contribution in [3.05, 3.63) is 15.6 Å². The number of thiazole rings is 1. The van der Waals surface area contributed by atoms with Crippen LogP contribution in [0.1, 0.15) is 48.2 Å². The number of nitrogens with one attached hydrogen (secondary N) is 1. The van der Waals surface area contributed by atoms with Crippen LogP contribution in [0.15, 0.2) is 0 Å². The molecule has 0 atom stereocenters. The molecule has 1 fully saturated rings. The van der Waals surface area contributed by atoms with E-state index in [9.17, 15) is 0 Å². The second-order valence-electron chi connectivity index (χ2n) is 4.58. The lowest BCUT2D eigenvalue weighted by atomic mass is 9.75. The molecule has 1 aliphatic rings. The van der Waals surface area contributed by atoms with Crippen molar-refractivity contribution in [1.82, 2.24) is 10.3 Å². The first kappa shape index (κ1) is 11.1. The van der Waals surface area contributed by atoms with Crippen LogP contribution in [0.3, 0.4) is 0 Å². The molecule has 1 aromatic rings. The van der Waals surface area contributed by atoms with E-state index in [1.165, 1.54) is 41.3 Å². The van der Waals surface area contributed by atoms with Gasteiger partial charge >= 0.3 is 0 Å². The molecule has 0 spiro atoms. The predicted octanol–water partition coefficient (Wildman–Crippen LogP) is 3.18. The SMILES string of the molecule is CCC1(NCc2sc(C)nc2C)CCC1. The molecular formula is C12H20N2S. The van der Waals surface area contributed by atoms with Gasteiger partial charge in [-0.15, -0.1) is 11.3 Å². The monoisotopic (exact) mass is 224 g/mol. The summed E-state index contributed by atoms with van der Waals surface area (Å²) < 4.78 is 0. The van der Waals surface area contributed by atoms with Crippen molar-refractivity contribution in [2.75, 3.05) is 0 Å². The van der Waals surface area contributed by atoms with Gasteiger partial charge in [0.1, 0.15) is 0 Å². The summed E-state index contributed by atoms with van der Waals surface area (Å²) in [4.78, 5) is 5.87. The van der Waals surface area contributed by atoms with Gasteiger partial charge in [0.25, 0.3) is 0 Å². The predicted molar refractivity (Wildman–Crippen MR) is 65.3 cm³/mol. The van der Waals surface area contributed by atoms with Crippen molar-refractivity contribution in [3.63, 3.8) is 0 Å². The molecule has 0 radical (unpaired) electrons. The Bertz CT molecular complexity index is 334. The maximum atomic E-state index is 4.46. The fraction of sp³-hybridized carbons (Fsp3) is 0.750. The summed E-state index contributed by atoms with van der Waals surface area (Å²) in [5, 5.41) is 4.91. The van der Waals surface area contributed by atoms with Crippen LogP contribution in [0.4, 0.5) is 0 Å². The Hall–Kier alpha value is -0.410. The summed E-state index contributed by atoms with van der Waals surface area (Å²) in [6.45, 7) is 7.49. The van der Waals surface area contributed by atoms with Gasteiger partial charge in [0.05, 0.1) is 10.7 Å². The van der Waals surface area contributed by atoms with E-state index in [-0.39, 0.29) is 0 Å². The molecule has 84 valence electrons. The zero-order valence-corrected chi connectivity index (χ0v) is 10.7. The molecule has 1 aliphatic carbocycles. The number of rotatable bonds is 4. The quantitative estimate of drug-likeness (QED) is 0.849. The lowest BCUT2D eigenvalue weighted by molar-refractivity contribution is 0.176. The number of hydrogen-bond donors (Lipinski definition) is 1. The second kappa shape index (κ2) is 4.22. The highest BCUT2D eigenvalue weighted by Crippen LogP contribution is 2.35. The summed E-state index contributed by atoms with van der Waals surface area (Å²) in [6.07, 6.45) is 5.34. The van der Waals surface area contributed by atoms with Gasteiger partial charge in [-0.1, -0.05) is 6.92 Å². The summed E-state index contributed by atoms with van der Waals surface area (Å²) in [7, 11) is 0. The second-order valence-corrected chi connectivity index (χ2v) is 5.87. The Labute approximate surface area is 96.1 Å². The van der Waals surface area contributed by atoms with E-state index in [1.54, 1.807) is 0 Å². The molecule has 2 rings (SSSR count). The van der Waals surface area contributed by atoms with Crippen LogP contribution < -0.4 is 5.32 Å². The van der Waals surface area contributed by atoms with E-state index in [1.807, 2.05) is 11.3 Å². The van der Waals surface area contributed by atoms with E-state index in [0.29, 0.717) is 5.54 Å². The van der Waals surface area contributed by atoms with Crippen LogP contribution in [0.2, 0.25) is 0 Å². The Morgan fingerprint density at radius 3 is 2.53 bits per heavy atom. The van der Waals surface area contributed by atoms with Crippen molar-refractivity contribution in [1.29, 1.82) is 0 Å². The number of aromatic nitrogens is 1. The van der Waals surface area contributed by atoms with Gasteiger partial charge < -0.3 is 5.32 Å². The summed E-state index contributed by atoms with van der Waals surface area (Å²) >= 11 is 1.83. The maximum Gasteiger partial charge on any atom is 0.0900 e. The normalized spacial score (nSPS) is 18.9. The standard InChI is InChI=1S/C12H20N2S/c1-4-12(6-5-7-12)13-8-11-9(2)14-10(3)15-11/h13H,4-8H2,1-3H3. The zero-order valence-electron chi connectivity index (χ0n) is 9.89. The van der Waals surface area contributed by atoms with Crippen molar-refractivity contribution in [3.8, 4) is 0 Å². The zero-order chi connectivity index (χ0) is 10.9. The first-order valence-corrected chi connectivity index (χ1v) is 6.65. The van der Waals surface area contributed by atoms with E-state index in [0.717, 1.165) is 6.54 Å². The molecule has 15 heavy (non-hydrogen) atoms. The molecule has 1 N–H and O–H groups in total. The molecule has 1 heterocycles. The van der Waals surface area contributed by atoms with Gasteiger partial charge in [-0.25, -0.2) is 4.98 Å². The van der Waals surface area contributed by atoms with Crippen LogP contribution >= 0.6 is 11.3 Å². The summed E-state index contributed by atoms with van der Waals surface area (Å²) in [5.74, 6) is 0. The minimum absolute atomic E-state index is 0.449. The largest absolute Gasteiger partial charge is 0.306 e. The molecule has 0 aliphatic heterocycles. The topological polar surface area (TPSA) is 24.9 Å². The van der Waals surface area contributed by atoms with Crippen molar-refractivity contribution in [2.24, 2.45) is 0 Å².